The number of aliphatic hydroxyl groups is 1. The van der Waals surface area contributed by atoms with Gasteiger partial charge in [-0.05, 0) is 35.7 Å². The molecular formula is C19H15NO3S2. The Morgan fingerprint density at radius 3 is 2.80 bits per heavy atom. The highest BCUT2D eigenvalue weighted by atomic mass is 32.1. The number of hydrogen-bond acceptors (Lipinski definition) is 5. The van der Waals surface area contributed by atoms with Crippen LogP contribution in [0, 0.1) is 0 Å². The number of benzene rings is 1. The average Bonchev–Trinajstić information content (AvgIpc) is 3.38. The Bertz CT molecular complexity index is 968. The van der Waals surface area contributed by atoms with Crippen LogP contribution in [0.15, 0.2) is 64.4 Å². The molecule has 25 heavy (non-hydrogen) atoms. The van der Waals surface area contributed by atoms with Crippen molar-refractivity contribution in [3.63, 3.8) is 0 Å². The summed E-state index contributed by atoms with van der Waals surface area (Å²) in [6.07, 6.45) is -0.743. The van der Waals surface area contributed by atoms with Gasteiger partial charge < -0.3 is 14.8 Å². The Balaban J connectivity index is 1.41. The predicted octanol–water partition coefficient (Wildman–Crippen LogP) is 4.69. The number of aliphatic hydroxyl groups excluding tert-OH is 1. The minimum atomic E-state index is -0.743. The number of amides is 1. The van der Waals surface area contributed by atoms with Crippen LogP contribution in [0.1, 0.15) is 21.5 Å². The molecule has 6 heteroatoms. The van der Waals surface area contributed by atoms with E-state index in [-0.39, 0.29) is 18.2 Å². The summed E-state index contributed by atoms with van der Waals surface area (Å²) in [6.45, 7) is 0.139. The van der Waals surface area contributed by atoms with Crippen molar-refractivity contribution in [2.24, 2.45) is 0 Å². The van der Waals surface area contributed by atoms with Gasteiger partial charge in [0, 0.05) is 26.6 Å². The van der Waals surface area contributed by atoms with Gasteiger partial charge >= 0.3 is 0 Å². The molecule has 0 bridgehead atoms. The zero-order valence-electron chi connectivity index (χ0n) is 13.1. The van der Waals surface area contributed by atoms with Gasteiger partial charge in [-0.2, -0.15) is 0 Å². The fourth-order valence-electron chi connectivity index (χ4n) is 2.55. The van der Waals surface area contributed by atoms with Gasteiger partial charge in [0.1, 0.15) is 11.7 Å². The third-order valence-corrected chi connectivity index (χ3v) is 6.08. The minimum absolute atomic E-state index is 0.139. The van der Waals surface area contributed by atoms with Crippen molar-refractivity contribution in [3.8, 4) is 9.75 Å². The number of hydrogen-bond donors (Lipinski definition) is 2. The van der Waals surface area contributed by atoms with Crippen molar-refractivity contribution >= 4 is 39.5 Å². The zero-order valence-corrected chi connectivity index (χ0v) is 14.8. The molecule has 4 rings (SSSR count). The van der Waals surface area contributed by atoms with Crippen LogP contribution in [-0.2, 0) is 0 Å². The SMILES string of the molecule is O=C(NC[C@@H](O)c1ccc(-c2cccs2)s1)c1cc2ccccc2o1. The first-order valence-corrected chi connectivity index (χ1v) is 9.49. The van der Waals surface area contributed by atoms with E-state index in [1.807, 2.05) is 47.8 Å². The summed E-state index contributed by atoms with van der Waals surface area (Å²) in [5.41, 5.74) is 0.673. The first-order chi connectivity index (χ1) is 12.2. The van der Waals surface area contributed by atoms with Gasteiger partial charge in [0.25, 0.3) is 5.91 Å². The Morgan fingerprint density at radius 2 is 2.00 bits per heavy atom. The van der Waals surface area contributed by atoms with E-state index in [2.05, 4.69) is 11.4 Å². The van der Waals surface area contributed by atoms with Crippen LogP contribution < -0.4 is 5.32 Å². The van der Waals surface area contributed by atoms with Crippen LogP contribution in [0.25, 0.3) is 20.7 Å². The average molecular weight is 369 g/mol. The minimum Gasteiger partial charge on any atom is -0.451 e. The van der Waals surface area contributed by atoms with Gasteiger partial charge in [0.2, 0.25) is 0 Å². The molecule has 0 radical (unpaired) electrons. The highest BCUT2D eigenvalue weighted by Crippen LogP contribution is 2.33. The molecule has 2 N–H and O–H groups in total. The molecule has 3 aromatic heterocycles. The molecule has 3 heterocycles. The maximum atomic E-state index is 12.2. The molecule has 4 nitrogen and oxygen atoms in total. The van der Waals surface area contributed by atoms with Crippen molar-refractivity contribution in [1.82, 2.24) is 5.32 Å². The molecule has 1 amide bonds. The lowest BCUT2D eigenvalue weighted by Gasteiger charge is -2.09. The number of rotatable bonds is 5. The van der Waals surface area contributed by atoms with Crippen molar-refractivity contribution in [1.29, 1.82) is 0 Å². The van der Waals surface area contributed by atoms with Crippen molar-refractivity contribution in [2.45, 2.75) is 6.10 Å². The van der Waals surface area contributed by atoms with Gasteiger partial charge in [0.05, 0.1) is 0 Å². The largest absolute Gasteiger partial charge is 0.451 e. The number of nitrogens with one attached hydrogen (secondary N) is 1. The number of furan rings is 1. The van der Waals surface area contributed by atoms with E-state index in [1.165, 1.54) is 16.2 Å². The predicted molar refractivity (Wildman–Crippen MR) is 101 cm³/mol. The summed E-state index contributed by atoms with van der Waals surface area (Å²) in [4.78, 5) is 15.4. The highest BCUT2D eigenvalue weighted by molar-refractivity contribution is 7.21. The normalized spacial score (nSPS) is 12.4. The third-order valence-electron chi connectivity index (χ3n) is 3.82. The van der Waals surface area contributed by atoms with E-state index in [1.54, 1.807) is 17.4 Å². The van der Waals surface area contributed by atoms with Gasteiger partial charge in [0.15, 0.2) is 5.76 Å². The molecular weight excluding hydrogens is 354 g/mol. The monoisotopic (exact) mass is 369 g/mol. The Morgan fingerprint density at radius 1 is 1.12 bits per heavy atom. The lowest BCUT2D eigenvalue weighted by molar-refractivity contribution is 0.0893. The van der Waals surface area contributed by atoms with Crippen molar-refractivity contribution in [2.75, 3.05) is 6.54 Å². The van der Waals surface area contributed by atoms with E-state index < -0.39 is 6.10 Å². The summed E-state index contributed by atoms with van der Waals surface area (Å²) >= 11 is 3.20. The molecule has 1 aromatic carbocycles. The molecule has 0 fully saturated rings. The molecule has 0 aliphatic carbocycles. The topological polar surface area (TPSA) is 62.5 Å². The summed E-state index contributed by atoms with van der Waals surface area (Å²) in [7, 11) is 0. The van der Waals surface area contributed by atoms with Crippen molar-refractivity contribution < 1.29 is 14.3 Å². The van der Waals surface area contributed by atoms with Gasteiger partial charge in [-0.1, -0.05) is 24.3 Å². The first kappa shape index (κ1) is 16.1. The summed E-state index contributed by atoms with van der Waals surface area (Å²) in [6, 6.07) is 17.1. The Hall–Kier alpha value is -2.41. The molecule has 0 saturated carbocycles. The standard InChI is InChI=1S/C19H15NO3S2/c21-13(16-7-8-18(25-16)17-6-3-9-24-17)11-20-19(22)15-10-12-4-1-2-5-14(12)23-15/h1-10,13,21H,11H2,(H,20,22)/t13-/m1/s1. The maximum Gasteiger partial charge on any atom is 0.287 e. The summed E-state index contributed by atoms with van der Waals surface area (Å²) < 4.78 is 5.53. The maximum absolute atomic E-state index is 12.2. The Labute approximate surface area is 152 Å². The fourth-order valence-corrected chi connectivity index (χ4v) is 4.38. The number of para-hydroxylation sites is 1. The van der Waals surface area contributed by atoms with Gasteiger partial charge in [-0.3, -0.25) is 4.79 Å². The quantitative estimate of drug-likeness (QED) is 0.537. The summed E-state index contributed by atoms with van der Waals surface area (Å²) in [5, 5.41) is 16.0. The third kappa shape index (κ3) is 3.37. The molecule has 0 unspecified atom stereocenters. The molecule has 126 valence electrons. The molecule has 0 saturated heterocycles. The molecule has 0 spiro atoms. The number of thiophene rings is 2. The van der Waals surface area contributed by atoms with Crippen LogP contribution >= 0.6 is 22.7 Å². The fraction of sp³-hybridized carbons (Fsp3) is 0.105. The second-order valence-corrected chi connectivity index (χ2v) is 7.62. The van der Waals surface area contributed by atoms with Crippen LogP contribution in [0.2, 0.25) is 0 Å². The van der Waals surface area contributed by atoms with Crippen LogP contribution in [0.5, 0.6) is 0 Å². The lowest BCUT2D eigenvalue weighted by Crippen LogP contribution is -2.27. The molecule has 0 aliphatic rings. The second kappa shape index (κ2) is 6.84. The molecule has 1 atom stereocenters. The highest BCUT2D eigenvalue weighted by Gasteiger charge is 2.16. The van der Waals surface area contributed by atoms with Crippen LogP contribution in [0.3, 0.4) is 0 Å². The van der Waals surface area contributed by atoms with Gasteiger partial charge in [-0.15, -0.1) is 22.7 Å². The number of carbonyl (C=O) groups is 1. The van der Waals surface area contributed by atoms with E-state index in [0.29, 0.717) is 5.58 Å². The zero-order chi connectivity index (χ0) is 17.2. The van der Waals surface area contributed by atoms with E-state index >= 15 is 0 Å². The Kier molecular flexibility index (Phi) is 4.40. The van der Waals surface area contributed by atoms with Crippen molar-refractivity contribution in [3.05, 3.63) is 70.6 Å². The summed E-state index contributed by atoms with van der Waals surface area (Å²) in [5.74, 6) is -0.0795. The lowest BCUT2D eigenvalue weighted by atomic mass is 10.2. The number of fused-ring (bicyclic) bond motifs is 1. The van der Waals surface area contributed by atoms with E-state index in [9.17, 15) is 9.90 Å². The molecule has 4 aromatic rings. The first-order valence-electron chi connectivity index (χ1n) is 7.79. The van der Waals surface area contributed by atoms with E-state index in [0.717, 1.165) is 15.1 Å². The number of carbonyl (C=O) groups excluding carboxylic acids is 1. The second-order valence-electron chi connectivity index (χ2n) is 5.55. The van der Waals surface area contributed by atoms with Gasteiger partial charge in [-0.25, -0.2) is 0 Å². The van der Waals surface area contributed by atoms with Crippen LogP contribution in [0.4, 0.5) is 0 Å². The smallest absolute Gasteiger partial charge is 0.287 e. The molecule has 0 aliphatic heterocycles. The van der Waals surface area contributed by atoms with E-state index in [4.69, 9.17) is 4.42 Å². The van der Waals surface area contributed by atoms with Crippen LogP contribution in [-0.4, -0.2) is 17.6 Å².